The molecule has 0 aromatic carbocycles. The van der Waals surface area contributed by atoms with Crippen LogP contribution >= 0.6 is 0 Å². The highest BCUT2D eigenvalue weighted by Gasteiger charge is 2.20. The first-order valence-corrected chi connectivity index (χ1v) is 5.00. The first-order chi connectivity index (χ1) is 7.45. The van der Waals surface area contributed by atoms with E-state index in [-0.39, 0.29) is 0 Å². The van der Waals surface area contributed by atoms with E-state index in [9.17, 15) is 9.59 Å². The van der Waals surface area contributed by atoms with Crippen molar-refractivity contribution in [1.82, 2.24) is 15.1 Å². The molecule has 0 aliphatic rings. The number of carbonyl (C=O) groups is 2. The number of hydrogen-bond donors (Lipinski definition) is 2. The second kappa shape index (κ2) is 4.78. The molecular formula is C10H15N3O3. The molecule has 0 spiro atoms. The van der Waals surface area contributed by atoms with Gasteiger partial charge in [-0.15, -0.1) is 0 Å². The Morgan fingerprint density at radius 1 is 1.62 bits per heavy atom. The maximum atomic E-state index is 11.7. The third kappa shape index (κ3) is 2.59. The molecule has 1 aromatic rings. The highest BCUT2D eigenvalue weighted by atomic mass is 16.4. The fourth-order valence-corrected chi connectivity index (χ4v) is 1.39. The van der Waals surface area contributed by atoms with Crippen molar-refractivity contribution in [2.45, 2.75) is 26.3 Å². The molecule has 0 saturated heterocycles. The quantitative estimate of drug-likeness (QED) is 0.773. The summed E-state index contributed by atoms with van der Waals surface area (Å²) in [6.07, 6.45) is 0.345. The topological polar surface area (TPSA) is 84.2 Å². The van der Waals surface area contributed by atoms with Crippen molar-refractivity contribution in [3.63, 3.8) is 0 Å². The van der Waals surface area contributed by atoms with E-state index < -0.39 is 17.9 Å². The predicted molar refractivity (Wildman–Crippen MR) is 57.1 cm³/mol. The van der Waals surface area contributed by atoms with E-state index >= 15 is 0 Å². The van der Waals surface area contributed by atoms with Crippen LogP contribution in [-0.2, 0) is 11.8 Å². The van der Waals surface area contributed by atoms with Gasteiger partial charge in [-0.25, -0.2) is 4.79 Å². The van der Waals surface area contributed by atoms with E-state index in [4.69, 9.17) is 5.11 Å². The van der Waals surface area contributed by atoms with Gasteiger partial charge in [0, 0.05) is 7.05 Å². The van der Waals surface area contributed by atoms with Crippen LogP contribution in [0.2, 0.25) is 0 Å². The van der Waals surface area contributed by atoms with Crippen molar-refractivity contribution in [1.29, 1.82) is 0 Å². The van der Waals surface area contributed by atoms with Crippen molar-refractivity contribution < 1.29 is 14.7 Å². The Labute approximate surface area is 93.3 Å². The number of amides is 1. The molecule has 6 heteroatoms. The van der Waals surface area contributed by atoms with Gasteiger partial charge in [-0.1, -0.05) is 6.92 Å². The lowest BCUT2D eigenvalue weighted by Gasteiger charge is -2.11. The number of aryl methyl sites for hydroxylation is 2. The summed E-state index contributed by atoms with van der Waals surface area (Å²) in [4.78, 5) is 22.5. The average molecular weight is 225 g/mol. The third-order valence-corrected chi connectivity index (χ3v) is 2.25. The maximum Gasteiger partial charge on any atom is 0.326 e. The van der Waals surface area contributed by atoms with Gasteiger partial charge in [0.15, 0.2) is 0 Å². The minimum absolute atomic E-state index is 0.345. The fraction of sp³-hybridized carbons (Fsp3) is 0.500. The molecule has 0 aliphatic carbocycles. The number of carbonyl (C=O) groups excluding carboxylic acids is 1. The van der Waals surface area contributed by atoms with Crippen molar-refractivity contribution in [2.75, 3.05) is 0 Å². The molecule has 0 saturated carbocycles. The van der Waals surface area contributed by atoms with Crippen molar-refractivity contribution in [3.05, 3.63) is 17.5 Å². The Balaban J connectivity index is 2.79. The van der Waals surface area contributed by atoms with Crippen molar-refractivity contribution in [2.24, 2.45) is 7.05 Å². The standard InChI is InChI=1S/C10H15N3O3/c1-4-7(10(15)16)11-9(14)8-5-6(2)12-13(8)3/h5,7H,4H2,1-3H3,(H,11,14)(H,15,16)/t7-/m1/s1. The number of carboxylic acid groups (broad SMARTS) is 1. The summed E-state index contributed by atoms with van der Waals surface area (Å²) >= 11 is 0. The fourth-order valence-electron chi connectivity index (χ4n) is 1.39. The van der Waals surface area contributed by atoms with E-state index in [0.29, 0.717) is 12.1 Å². The minimum atomic E-state index is -1.03. The predicted octanol–water partition coefficient (Wildman–Crippen LogP) is 0.322. The van der Waals surface area contributed by atoms with Crippen molar-refractivity contribution in [3.8, 4) is 0 Å². The maximum absolute atomic E-state index is 11.7. The zero-order valence-electron chi connectivity index (χ0n) is 9.52. The van der Waals surface area contributed by atoms with Crippen LogP contribution in [0.3, 0.4) is 0 Å². The Kier molecular flexibility index (Phi) is 3.65. The van der Waals surface area contributed by atoms with Gasteiger partial charge in [-0.2, -0.15) is 5.10 Å². The molecule has 16 heavy (non-hydrogen) atoms. The lowest BCUT2D eigenvalue weighted by molar-refractivity contribution is -0.139. The molecule has 6 nitrogen and oxygen atoms in total. The largest absolute Gasteiger partial charge is 0.480 e. The number of aliphatic carboxylic acids is 1. The van der Waals surface area contributed by atoms with Gasteiger partial charge < -0.3 is 10.4 Å². The van der Waals surface area contributed by atoms with Gasteiger partial charge in [0.1, 0.15) is 11.7 Å². The molecule has 1 aromatic heterocycles. The Morgan fingerprint density at radius 3 is 2.62 bits per heavy atom. The molecule has 2 N–H and O–H groups in total. The van der Waals surface area contributed by atoms with E-state index in [1.807, 2.05) is 0 Å². The van der Waals surface area contributed by atoms with Crippen LogP contribution in [0, 0.1) is 6.92 Å². The lowest BCUT2D eigenvalue weighted by Crippen LogP contribution is -2.40. The zero-order chi connectivity index (χ0) is 12.3. The van der Waals surface area contributed by atoms with E-state index in [2.05, 4.69) is 10.4 Å². The molecule has 1 heterocycles. The summed E-state index contributed by atoms with van der Waals surface area (Å²) in [5.74, 6) is -1.45. The molecule has 0 radical (unpaired) electrons. The molecule has 0 fully saturated rings. The number of nitrogens with one attached hydrogen (secondary N) is 1. The zero-order valence-corrected chi connectivity index (χ0v) is 9.52. The Morgan fingerprint density at radius 2 is 2.25 bits per heavy atom. The summed E-state index contributed by atoms with van der Waals surface area (Å²) in [5.41, 5.74) is 1.08. The summed E-state index contributed by atoms with van der Waals surface area (Å²) in [7, 11) is 1.64. The molecule has 0 unspecified atom stereocenters. The summed E-state index contributed by atoms with van der Waals surface area (Å²) < 4.78 is 1.43. The number of hydrogen-bond acceptors (Lipinski definition) is 3. The third-order valence-electron chi connectivity index (χ3n) is 2.25. The van der Waals surface area contributed by atoms with Gasteiger partial charge in [0.25, 0.3) is 5.91 Å². The van der Waals surface area contributed by atoms with E-state index in [1.54, 1.807) is 27.0 Å². The van der Waals surface area contributed by atoms with Gasteiger partial charge in [0.2, 0.25) is 0 Å². The molecule has 1 amide bonds. The monoisotopic (exact) mass is 225 g/mol. The molecule has 1 rings (SSSR count). The van der Waals surface area contributed by atoms with Crippen LogP contribution in [0.25, 0.3) is 0 Å². The smallest absolute Gasteiger partial charge is 0.326 e. The van der Waals surface area contributed by atoms with E-state index in [0.717, 1.165) is 5.69 Å². The SMILES string of the molecule is CC[C@@H](NC(=O)c1cc(C)nn1C)C(=O)O. The lowest BCUT2D eigenvalue weighted by atomic mass is 10.2. The number of carboxylic acids is 1. The molecule has 1 atom stereocenters. The highest BCUT2D eigenvalue weighted by Crippen LogP contribution is 2.02. The van der Waals surface area contributed by atoms with Gasteiger partial charge in [-0.05, 0) is 19.4 Å². The molecule has 88 valence electrons. The van der Waals surface area contributed by atoms with Gasteiger partial charge in [0.05, 0.1) is 5.69 Å². The highest BCUT2D eigenvalue weighted by molar-refractivity contribution is 5.95. The van der Waals surface area contributed by atoms with Crippen LogP contribution in [0.15, 0.2) is 6.07 Å². The van der Waals surface area contributed by atoms with Crippen molar-refractivity contribution >= 4 is 11.9 Å². The number of aromatic nitrogens is 2. The summed E-state index contributed by atoms with van der Waals surface area (Å²) in [6, 6.07) is 0.756. The number of rotatable bonds is 4. The average Bonchev–Trinajstić information content (AvgIpc) is 2.53. The summed E-state index contributed by atoms with van der Waals surface area (Å²) in [6.45, 7) is 3.47. The first kappa shape index (κ1) is 12.2. The second-order valence-corrected chi connectivity index (χ2v) is 3.57. The van der Waals surface area contributed by atoms with Crippen LogP contribution in [0.1, 0.15) is 29.5 Å². The first-order valence-electron chi connectivity index (χ1n) is 5.00. The Bertz CT molecular complexity index is 411. The van der Waals surface area contributed by atoms with Gasteiger partial charge >= 0.3 is 5.97 Å². The van der Waals surface area contributed by atoms with Gasteiger partial charge in [-0.3, -0.25) is 9.48 Å². The molecule has 0 bridgehead atoms. The summed E-state index contributed by atoms with van der Waals surface area (Å²) in [5, 5.41) is 15.3. The second-order valence-electron chi connectivity index (χ2n) is 3.57. The normalized spacial score (nSPS) is 12.2. The van der Waals surface area contributed by atoms with Crippen LogP contribution in [0.5, 0.6) is 0 Å². The minimum Gasteiger partial charge on any atom is -0.480 e. The molecular weight excluding hydrogens is 210 g/mol. The molecule has 0 aliphatic heterocycles. The Hall–Kier alpha value is -1.85. The van der Waals surface area contributed by atoms with E-state index in [1.165, 1.54) is 4.68 Å². The number of nitrogens with zero attached hydrogens (tertiary/aromatic N) is 2. The van der Waals surface area contributed by atoms with Crippen LogP contribution in [0.4, 0.5) is 0 Å². The van der Waals surface area contributed by atoms with Crippen LogP contribution < -0.4 is 5.32 Å². The van der Waals surface area contributed by atoms with Crippen LogP contribution in [-0.4, -0.2) is 32.8 Å².